The zero-order valence-corrected chi connectivity index (χ0v) is 10.7. The Morgan fingerprint density at radius 3 is 2.47 bits per heavy atom. The molecule has 0 aromatic carbocycles. The lowest BCUT2D eigenvalue weighted by Gasteiger charge is -2.09. The molecule has 17 heavy (non-hydrogen) atoms. The number of hydrogen-bond acceptors (Lipinski definition) is 2. The zero-order chi connectivity index (χ0) is 12.6. The standard InChI is InChI=1S/C13H17N3O/c1-9-5-12(8-17)11(3)16(9)7-13-6-14-15(4)10(13)2/h5-6,8H,7H2,1-4H3. The van der Waals surface area contributed by atoms with E-state index in [0.717, 1.165) is 35.5 Å². The number of aromatic nitrogens is 3. The lowest BCUT2D eigenvalue weighted by atomic mass is 10.2. The number of rotatable bonds is 3. The van der Waals surface area contributed by atoms with Gasteiger partial charge in [0.1, 0.15) is 0 Å². The van der Waals surface area contributed by atoms with Crippen LogP contribution in [0.4, 0.5) is 0 Å². The molecule has 2 heterocycles. The van der Waals surface area contributed by atoms with Gasteiger partial charge in [-0.15, -0.1) is 0 Å². The van der Waals surface area contributed by atoms with Gasteiger partial charge in [-0.25, -0.2) is 0 Å². The molecule has 0 aliphatic heterocycles. The van der Waals surface area contributed by atoms with Crippen LogP contribution in [0, 0.1) is 20.8 Å². The molecule has 2 rings (SSSR count). The molecular formula is C13H17N3O. The summed E-state index contributed by atoms with van der Waals surface area (Å²) in [5.74, 6) is 0. The predicted octanol–water partition coefficient (Wildman–Crippen LogP) is 2.01. The molecule has 0 aliphatic carbocycles. The first kappa shape index (κ1) is 11.6. The summed E-state index contributed by atoms with van der Waals surface area (Å²) in [6, 6.07) is 1.92. The maximum Gasteiger partial charge on any atom is 0.151 e. The second-order valence-corrected chi connectivity index (χ2v) is 4.41. The maximum atomic E-state index is 10.9. The fourth-order valence-electron chi connectivity index (χ4n) is 2.06. The molecule has 0 spiro atoms. The molecule has 0 fully saturated rings. The molecule has 0 saturated carbocycles. The van der Waals surface area contributed by atoms with Crippen LogP contribution in [0.25, 0.3) is 0 Å². The highest BCUT2D eigenvalue weighted by Gasteiger charge is 2.11. The van der Waals surface area contributed by atoms with E-state index in [1.807, 2.05) is 37.8 Å². The molecule has 0 N–H and O–H groups in total. The third-order valence-electron chi connectivity index (χ3n) is 3.41. The molecule has 4 heteroatoms. The third-order valence-corrected chi connectivity index (χ3v) is 3.41. The first-order chi connectivity index (χ1) is 8.04. The molecule has 0 bridgehead atoms. The van der Waals surface area contributed by atoms with Crippen molar-refractivity contribution in [1.82, 2.24) is 14.3 Å². The Labute approximate surface area is 101 Å². The molecule has 4 nitrogen and oxygen atoms in total. The van der Waals surface area contributed by atoms with Gasteiger partial charge in [0.2, 0.25) is 0 Å². The van der Waals surface area contributed by atoms with Crippen molar-refractivity contribution in [3.63, 3.8) is 0 Å². The van der Waals surface area contributed by atoms with Gasteiger partial charge in [0, 0.05) is 35.3 Å². The predicted molar refractivity (Wildman–Crippen MR) is 66.3 cm³/mol. The number of aldehydes is 1. The van der Waals surface area contributed by atoms with Gasteiger partial charge in [-0.1, -0.05) is 0 Å². The van der Waals surface area contributed by atoms with Crippen LogP contribution in [0.5, 0.6) is 0 Å². The highest BCUT2D eigenvalue weighted by Crippen LogP contribution is 2.16. The molecule has 0 saturated heterocycles. The van der Waals surface area contributed by atoms with E-state index in [1.54, 1.807) is 0 Å². The van der Waals surface area contributed by atoms with Gasteiger partial charge in [0.15, 0.2) is 6.29 Å². The van der Waals surface area contributed by atoms with Crippen molar-refractivity contribution < 1.29 is 4.79 Å². The van der Waals surface area contributed by atoms with Gasteiger partial charge in [-0.2, -0.15) is 5.10 Å². The van der Waals surface area contributed by atoms with Crippen molar-refractivity contribution in [2.45, 2.75) is 27.3 Å². The molecule has 0 unspecified atom stereocenters. The Hall–Kier alpha value is -1.84. The van der Waals surface area contributed by atoms with Crippen molar-refractivity contribution in [3.05, 3.63) is 40.5 Å². The van der Waals surface area contributed by atoms with Crippen molar-refractivity contribution >= 4 is 6.29 Å². The SMILES string of the molecule is Cc1c(Cn2c(C)cc(C=O)c2C)cnn1C. The summed E-state index contributed by atoms with van der Waals surface area (Å²) in [7, 11) is 1.94. The molecule has 0 atom stereocenters. The van der Waals surface area contributed by atoms with Gasteiger partial charge in [-0.05, 0) is 26.8 Å². The van der Waals surface area contributed by atoms with E-state index >= 15 is 0 Å². The van der Waals surface area contributed by atoms with Crippen LogP contribution in [0.1, 0.15) is 33.0 Å². The first-order valence-electron chi connectivity index (χ1n) is 5.64. The van der Waals surface area contributed by atoms with Crippen molar-refractivity contribution in [2.75, 3.05) is 0 Å². The van der Waals surface area contributed by atoms with E-state index in [-0.39, 0.29) is 0 Å². The van der Waals surface area contributed by atoms with Crippen LogP contribution in [0.3, 0.4) is 0 Å². The Bertz CT molecular complexity index is 563. The van der Waals surface area contributed by atoms with Crippen LogP contribution >= 0.6 is 0 Å². The zero-order valence-electron chi connectivity index (χ0n) is 10.7. The highest BCUT2D eigenvalue weighted by molar-refractivity contribution is 5.77. The van der Waals surface area contributed by atoms with Crippen LogP contribution in [0.15, 0.2) is 12.3 Å². The summed E-state index contributed by atoms with van der Waals surface area (Å²) in [6.45, 7) is 6.82. The van der Waals surface area contributed by atoms with E-state index in [1.165, 1.54) is 5.56 Å². The van der Waals surface area contributed by atoms with Crippen LogP contribution in [-0.2, 0) is 13.6 Å². The molecule has 0 amide bonds. The minimum Gasteiger partial charge on any atom is -0.344 e. The summed E-state index contributed by atoms with van der Waals surface area (Å²) < 4.78 is 4.01. The lowest BCUT2D eigenvalue weighted by molar-refractivity contribution is 0.112. The molecule has 0 radical (unpaired) electrons. The molecule has 2 aromatic rings. The minimum atomic E-state index is 0.768. The van der Waals surface area contributed by atoms with E-state index in [9.17, 15) is 4.79 Å². The average Bonchev–Trinajstić information content (AvgIpc) is 2.76. The van der Waals surface area contributed by atoms with Gasteiger partial charge in [0.25, 0.3) is 0 Å². The number of carbonyl (C=O) groups excluding carboxylic acids is 1. The van der Waals surface area contributed by atoms with Crippen molar-refractivity contribution in [3.8, 4) is 0 Å². The third kappa shape index (κ3) is 1.90. The molecule has 90 valence electrons. The van der Waals surface area contributed by atoms with E-state index in [0.29, 0.717) is 0 Å². The van der Waals surface area contributed by atoms with Gasteiger partial charge >= 0.3 is 0 Å². The Morgan fingerprint density at radius 1 is 1.29 bits per heavy atom. The smallest absolute Gasteiger partial charge is 0.151 e. The Balaban J connectivity index is 2.39. The molecular weight excluding hydrogens is 214 g/mol. The maximum absolute atomic E-state index is 10.9. The van der Waals surface area contributed by atoms with Crippen LogP contribution in [0.2, 0.25) is 0 Å². The van der Waals surface area contributed by atoms with Gasteiger partial charge in [-0.3, -0.25) is 9.48 Å². The van der Waals surface area contributed by atoms with Crippen molar-refractivity contribution in [1.29, 1.82) is 0 Å². The van der Waals surface area contributed by atoms with Crippen LogP contribution < -0.4 is 0 Å². The largest absolute Gasteiger partial charge is 0.344 e. The number of aryl methyl sites for hydroxylation is 2. The highest BCUT2D eigenvalue weighted by atomic mass is 16.1. The van der Waals surface area contributed by atoms with Gasteiger partial charge < -0.3 is 4.57 Å². The van der Waals surface area contributed by atoms with Crippen LogP contribution in [-0.4, -0.2) is 20.6 Å². The lowest BCUT2D eigenvalue weighted by Crippen LogP contribution is -2.05. The summed E-state index contributed by atoms with van der Waals surface area (Å²) in [5, 5.41) is 4.23. The van der Waals surface area contributed by atoms with E-state index < -0.39 is 0 Å². The topological polar surface area (TPSA) is 39.8 Å². The Kier molecular flexibility index (Phi) is 2.88. The fraction of sp³-hybridized carbons (Fsp3) is 0.385. The normalized spacial score (nSPS) is 10.8. The second-order valence-electron chi connectivity index (χ2n) is 4.41. The summed E-state index contributed by atoms with van der Waals surface area (Å²) in [4.78, 5) is 10.9. The Morgan fingerprint density at radius 2 is 2.00 bits per heavy atom. The summed E-state index contributed by atoms with van der Waals surface area (Å²) >= 11 is 0. The molecule has 2 aromatic heterocycles. The van der Waals surface area contributed by atoms with E-state index in [2.05, 4.69) is 16.6 Å². The molecule has 0 aliphatic rings. The number of carbonyl (C=O) groups is 1. The summed E-state index contributed by atoms with van der Waals surface area (Å²) in [6.07, 6.45) is 2.80. The minimum absolute atomic E-state index is 0.768. The van der Waals surface area contributed by atoms with E-state index in [4.69, 9.17) is 0 Å². The number of hydrogen-bond donors (Lipinski definition) is 0. The fourth-order valence-corrected chi connectivity index (χ4v) is 2.06. The quantitative estimate of drug-likeness (QED) is 0.758. The van der Waals surface area contributed by atoms with Crippen molar-refractivity contribution in [2.24, 2.45) is 7.05 Å². The number of nitrogens with zero attached hydrogens (tertiary/aromatic N) is 3. The van der Waals surface area contributed by atoms with Gasteiger partial charge in [0.05, 0.1) is 12.7 Å². The average molecular weight is 231 g/mol. The first-order valence-corrected chi connectivity index (χ1v) is 5.64. The monoisotopic (exact) mass is 231 g/mol. The summed E-state index contributed by atoms with van der Waals surface area (Å²) in [5.41, 5.74) is 5.23. The second kappa shape index (κ2) is 4.20.